The molecule has 0 bridgehead atoms. The second kappa shape index (κ2) is 14.1. The summed E-state index contributed by atoms with van der Waals surface area (Å²) in [5.74, 6) is -0.640. The molecule has 0 fully saturated rings. The highest BCUT2D eigenvalue weighted by molar-refractivity contribution is 5.86. The first kappa shape index (κ1) is 22.8. The van der Waals surface area contributed by atoms with Gasteiger partial charge in [0.15, 0.2) is 6.10 Å². The Balaban J connectivity index is 4.40. The Bertz CT molecular complexity index is 432. The van der Waals surface area contributed by atoms with E-state index in [9.17, 15) is 14.4 Å². The number of carbonyl (C=O) groups excluding carboxylic acids is 3. The van der Waals surface area contributed by atoms with Gasteiger partial charge in [-0.15, -0.1) is 0 Å². The molecule has 0 aliphatic rings. The maximum absolute atomic E-state index is 11.6. The molecule has 0 aromatic heterocycles. The number of unbranched alkanes of at least 4 members (excludes halogenated alkanes) is 2. The summed E-state index contributed by atoms with van der Waals surface area (Å²) in [6.07, 6.45) is 0.343. The molecule has 0 saturated heterocycles. The Morgan fingerprint density at radius 3 is 1.88 bits per heavy atom. The van der Waals surface area contributed by atoms with Crippen LogP contribution in [0.4, 0.5) is 9.59 Å². The van der Waals surface area contributed by atoms with Crippen LogP contribution in [0, 0.1) is 0 Å². The minimum absolute atomic E-state index is 0.198. The van der Waals surface area contributed by atoms with E-state index < -0.39 is 24.4 Å². The first-order valence-electron chi connectivity index (χ1n) is 8.36. The lowest BCUT2D eigenvalue weighted by Crippen LogP contribution is -2.31. The van der Waals surface area contributed by atoms with Crippen LogP contribution in [0.25, 0.3) is 0 Å². The van der Waals surface area contributed by atoms with E-state index in [0.29, 0.717) is 6.42 Å². The second-order valence-electron chi connectivity index (χ2n) is 5.33. The summed E-state index contributed by atoms with van der Waals surface area (Å²) in [6, 6.07) is 0. The van der Waals surface area contributed by atoms with Crippen molar-refractivity contribution in [3.8, 4) is 0 Å². The third-order valence-electron chi connectivity index (χ3n) is 2.83. The van der Waals surface area contributed by atoms with Crippen molar-refractivity contribution < 1.29 is 38.1 Å². The summed E-state index contributed by atoms with van der Waals surface area (Å²) >= 11 is 0. The molecule has 0 spiro atoms. The molecule has 0 aromatic carbocycles. The van der Waals surface area contributed by atoms with Gasteiger partial charge >= 0.3 is 18.3 Å². The van der Waals surface area contributed by atoms with E-state index in [1.54, 1.807) is 0 Å². The van der Waals surface area contributed by atoms with Crippen molar-refractivity contribution in [1.29, 1.82) is 0 Å². The molecule has 25 heavy (non-hydrogen) atoms. The standard InChI is InChI=1S/C17H28O8/c1-5-7-9-21-16(19)24-12-14(11-23-15(18)13(3)4)25-17(20)22-10-8-6-2/h14H,3,5-12H2,1-2,4H3. The molecule has 0 saturated carbocycles. The molecule has 0 aromatic rings. The minimum Gasteiger partial charge on any atom is -0.458 e. The molecular weight excluding hydrogens is 332 g/mol. The average Bonchev–Trinajstić information content (AvgIpc) is 2.57. The van der Waals surface area contributed by atoms with Crippen LogP contribution >= 0.6 is 0 Å². The molecule has 0 aliphatic heterocycles. The van der Waals surface area contributed by atoms with Gasteiger partial charge in [0.25, 0.3) is 0 Å². The smallest absolute Gasteiger partial charge is 0.458 e. The lowest BCUT2D eigenvalue weighted by molar-refractivity contribution is -0.143. The summed E-state index contributed by atoms with van der Waals surface area (Å²) in [5, 5.41) is 0. The van der Waals surface area contributed by atoms with Crippen molar-refractivity contribution in [2.45, 2.75) is 52.6 Å². The van der Waals surface area contributed by atoms with E-state index in [4.69, 9.17) is 23.7 Å². The first-order valence-corrected chi connectivity index (χ1v) is 8.36. The predicted octanol–water partition coefficient (Wildman–Crippen LogP) is 3.38. The molecule has 0 rings (SSSR count). The fraction of sp³-hybridized carbons (Fsp3) is 0.706. The topological polar surface area (TPSA) is 97.4 Å². The number of esters is 1. The van der Waals surface area contributed by atoms with Gasteiger partial charge in [-0.05, 0) is 19.8 Å². The molecule has 0 heterocycles. The molecule has 8 nitrogen and oxygen atoms in total. The number of ether oxygens (including phenoxy) is 5. The Morgan fingerprint density at radius 2 is 1.36 bits per heavy atom. The fourth-order valence-corrected chi connectivity index (χ4v) is 1.38. The zero-order valence-corrected chi connectivity index (χ0v) is 15.2. The number of rotatable bonds is 12. The maximum Gasteiger partial charge on any atom is 0.508 e. The Hall–Kier alpha value is -2.25. The van der Waals surface area contributed by atoms with Crippen LogP contribution in [0.1, 0.15) is 46.5 Å². The van der Waals surface area contributed by atoms with Gasteiger partial charge in [-0.3, -0.25) is 0 Å². The number of hydrogen-bond donors (Lipinski definition) is 0. The Kier molecular flexibility index (Phi) is 12.9. The quantitative estimate of drug-likeness (QED) is 0.226. The largest absolute Gasteiger partial charge is 0.508 e. The van der Waals surface area contributed by atoms with Gasteiger partial charge in [0, 0.05) is 5.57 Å². The van der Waals surface area contributed by atoms with Crippen LogP contribution in [0.2, 0.25) is 0 Å². The molecule has 8 heteroatoms. The molecule has 1 atom stereocenters. The van der Waals surface area contributed by atoms with E-state index in [1.165, 1.54) is 6.92 Å². The summed E-state index contributed by atoms with van der Waals surface area (Å²) in [5.41, 5.74) is 0.198. The monoisotopic (exact) mass is 360 g/mol. The van der Waals surface area contributed by atoms with Gasteiger partial charge in [0.05, 0.1) is 13.2 Å². The number of carbonyl (C=O) groups is 3. The lowest BCUT2D eigenvalue weighted by Gasteiger charge is -2.17. The van der Waals surface area contributed by atoms with Crippen molar-refractivity contribution in [3.63, 3.8) is 0 Å². The van der Waals surface area contributed by atoms with Crippen molar-refractivity contribution in [2.24, 2.45) is 0 Å². The summed E-state index contributed by atoms with van der Waals surface area (Å²) in [4.78, 5) is 34.4. The van der Waals surface area contributed by atoms with Crippen molar-refractivity contribution >= 4 is 18.3 Å². The van der Waals surface area contributed by atoms with Crippen LogP contribution in [0.3, 0.4) is 0 Å². The molecule has 1 unspecified atom stereocenters. The highest BCUT2D eigenvalue weighted by atomic mass is 16.8. The van der Waals surface area contributed by atoms with Crippen LogP contribution in [-0.4, -0.2) is 50.8 Å². The van der Waals surface area contributed by atoms with Gasteiger partial charge in [0.2, 0.25) is 0 Å². The summed E-state index contributed by atoms with van der Waals surface area (Å²) in [7, 11) is 0. The van der Waals surface area contributed by atoms with E-state index in [-0.39, 0.29) is 32.0 Å². The van der Waals surface area contributed by atoms with Crippen LogP contribution in [0.15, 0.2) is 12.2 Å². The molecule has 0 aliphatic carbocycles. The van der Waals surface area contributed by atoms with Gasteiger partial charge in [0.1, 0.15) is 13.2 Å². The molecule has 0 radical (unpaired) electrons. The zero-order chi connectivity index (χ0) is 19.1. The Labute approximate surface area is 148 Å². The van der Waals surface area contributed by atoms with Gasteiger partial charge in [-0.2, -0.15) is 0 Å². The molecule has 0 amide bonds. The minimum atomic E-state index is -1.00. The lowest BCUT2D eigenvalue weighted by atomic mass is 10.3. The normalized spacial score (nSPS) is 11.2. The Morgan fingerprint density at radius 1 is 0.840 bits per heavy atom. The van der Waals surface area contributed by atoms with Gasteiger partial charge < -0.3 is 23.7 Å². The average molecular weight is 360 g/mol. The SMILES string of the molecule is C=C(C)C(=O)OCC(COC(=O)OCCCC)OC(=O)OCCCC. The van der Waals surface area contributed by atoms with Gasteiger partial charge in [-0.1, -0.05) is 33.3 Å². The fourth-order valence-electron chi connectivity index (χ4n) is 1.38. The third kappa shape index (κ3) is 12.8. The van der Waals surface area contributed by atoms with E-state index in [0.717, 1.165) is 19.3 Å². The third-order valence-corrected chi connectivity index (χ3v) is 2.83. The predicted molar refractivity (Wildman–Crippen MR) is 89.1 cm³/mol. The molecule has 0 N–H and O–H groups in total. The second-order valence-corrected chi connectivity index (χ2v) is 5.33. The molecular formula is C17H28O8. The first-order chi connectivity index (χ1) is 11.9. The van der Waals surface area contributed by atoms with Gasteiger partial charge in [-0.25, -0.2) is 14.4 Å². The summed E-state index contributed by atoms with van der Waals surface area (Å²) in [6.45, 7) is 8.68. The van der Waals surface area contributed by atoms with Crippen LogP contribution in [-0.2, 0) is 28.5 Å². The highest BCUT2D eigenvalue weighted by Gasteiger charge is 2.21. The van der Waals surface area contributed by atoms with Crippen molar-refractivity contribution in [2.75, 3.05) is 26.4 Å². The van der Waals surface area contributed by atoms with Crippen molar-refractivity contribution in [3.05, 3.63) is 12.2 Å². The van der Waals surface area contributed by atoms with Crippen LogP contribution in [0.5, 0.6) is 0 Å². The zero-order valence-electron chi connectivity index (χ0n) is 15.2. The van der Waals surface area contributed by atoms with Crippen LogP contribution < -0.4 is 0 Å². The number of hydrogen-bond acceptors (Lipinski definition) is 8. The molecule has 144 valence electrons. The summed E-state index contributed by atoms with van der Waals surface area (Å²) < 4.78 is 24.5. The van der Waals surface area contributed by atoms with E-state index in [2.05, 4.69) is 6.58 Å². The maximum atomic E-state index is 11.6. The van der Waals surface area contributed by atoms with E-state index >= 15 is 0 Å². The van der Waals surface area contributed by atoms with E-state index in [1.807, 2.05) is 13.8 Å². The van der Waals surface area contributed by atoms with Crippen molar-refractivity contribution in [1.82, 2.24) is 0 Å². The highest BCUT2D eigenvalue weighted by Crippen LogP contribution is 2.03.